The van der Waals surface area contributed by atoms with Crippen LogP contribution in [0.3, 0.4) is 0 Å². The molecule has 7 nitrogen and oxygen atoms in total. The number of nitrogens with one attached hydrogen (secondary N) is 1. The maximum Gasteiger partial charge on any atom is 0.320 e. The van der Waals surface area contributed by atoms with Crippen LogP contribution >= 0.6 is 0 Å². The summed E-state index contributed by atoms with van der Waals surface area (Å²) in [5.74, 6) is -1.48. The summed E-state index contributed by atoms with van der Waals surface area (Å²) in [5, 5.41) is 11.4. The number of rotatable bonds is 5. The van der Waals surface area contributed by atoms with Gasteiger partial charge in [0.25, 0.3) is 0 Å². The van der Waals surface area contributed by atoms with Gasteiger partial charge in [-0.05, 0) is 13.3 Å². The van der Waals surface area contributed by atoms with Gasteiger partial charge in [-0.2, -0.15) is 0 Å². The highest BCUT2D eigenvalue weighted by Gasteiger charge is 2.36. The summed E-state index contributed by atoms with van der Waals surface area (Å²) in [6.07, 6.45) is 0.463. The van der Waals surface area contributed by atoms with Crippen LogP contribution in [0.5, 0.6) is 0 Å². The zero-order valence-corrected chi connectivity index (χ0v) is 11.4. The third-order valence-corrected chi connectivity index (χ3v) is 3.09. The lowest BCUT2D eigenvalue weighted by molar-refractivity contribution is -0.142. The molecular weight excluding hydrogens is 250 g/mol. The van der Waals surface area contributed by atoms with Gasteiger partial charge in [0.1, 0.15) is 6.04 Å². The number of carboxylic acids is 1. The van der Waals surface area contributed by atoms with E-state index in [2.05, 4.69) is 5.32 Å². The molecule has 0 aromatic carbocycles. The number of carboxylic acid groups (broad SMARTS) is 1. The summed E-state index contributed by atoms with van der Waals surface area (Å²) in [6, 6.07) is -1.17. The summed E-state index contributed by atoms with van der Waals surface area (Å²) in [6.45, 7) is 5.70. The number of amides is 3. The Hall–Kier alpha value is -1.79. The Morgan fingerprint density at radius 1 is 1.47 bits per heavy atom. The molecule has 0 spiro atoms. The number of hydrogen-bond donors (Lipinski definition) is 2. The number of nitrogens with zero attached hydrogens (tertiary/aromatic N) is 2. The molecule has 1 atom stereocenters. The minimum atomic E-state index is -1.08. The predicted octanol–water partition coefficient (Wildman–Crippen LogP) is 0.113. The van der Waals surface area contributed by atoms with Crippen molar-refractivity contribution in [2.45, 2.75) is 32.7 Å². The number of piperazine rings is 1. The van der Waals surface area contributed by atoms with Crippen molar-refractivity contribution in [2.24, 2.45) is 0 Å². The fourth-order valence-electron chi connectivity index (χ4n) is 2.15. The van der Waals surface area contributed by atoms with E-state index in [9.17, 15) is 14.4 Å². The van der Waals surface area contributed by atoms with Gasteiger partial charge in [0, 0.05) is 26.2 Å². The van der Waals surface area contributed by atoms with Crippen molar-refractivity contribution in [3.63, 3.8) is 0 Å². The minimum Gasteiger partial charge on any atom is -0.481 e. The van der Waals surface area contributed by atoms with E-state index in [1.54, 1.807) is 4.90 Å². The van der Waals surface area contributed by atoms with Gasteiger partial charge in [-0.1, -0.05) is 6.92 Å². The first-order valence-electron chi connectivity index (χ1n) is 6.56. The number of urea groups is 1. The van der Waals surface area contributed by atoms with Crippen LogP contribution in [-0.4, -0.2) is 65.0 Å². The van der Waals surface area contributed by atoms with E-state index in [0.29, 0.717) is 26.2 Å². The Kier molecular flexibility index (Phi) is 5.59. The predicted molar refractivity (Wildman–Crippen MR) is 68.7 cm³/mol. The van der Waals surface area contributed by atoms with Crippen molar-refractivity contribution < 1.29 is 19.5 Å². The van der Waals surface area contributed by atoms with E-state index in [4.69, 9.17) is 5.11 Å². The smallest absolute Gasteiger partial charge is 0.320 e. The van der Waals surface area contributed by atoms with Crippen LogP contribution in [0.4, 0.5) is 4.79 Å². The van der Waals surface area contributed by atoms with Gasteiger partial charge in [0.05, 0.1) is 6.42 Å². The molecule has 3 amide bonds. The van der Waals surface area contributed by atoms with Crippen LogP contribution < -0.4 is 5.32 Å². The zero-order chi connectivity index (χ0) is 14.4. The number of aliphatic carboxylic acids is 1. The molecule has 1 heterocycles. The Balaban J connectivity index is 2.83. The molecule has 1 unspecified atom stereocenters. The molecule has 1 aliphatic rings. The third kappa shape index (κ3) is 3.84. The summed E-state index contributed by atoms with van der Waals surface area (Å²) in [5.41, 5.74) is 0. The number of carbonyl (C=O) groups is 3. The van der Waals surface area contributed by atoms with Crippen molar-refractivity contribution >= 4 is 17.9 Å². The van der Waals surface area contributed by atoms with Crippen LogP contribution in [0.15, 0.2) is 0 Å². The van der Waals surface area contributed by atoms with Gasteiger partial charge in [-0.15, -0.1) is 0 Å². The quantitative estimate of drug-likeness (QED) is 0.743. The summed E-state index contributed by atoms with van der Waals surface area (Å²) >= 11 is 0. The average Bonchev–Trinajstić information content (AvgIpc) is 2.37. The van der Waals surface area contributed by atoms with E-state index < -0.39 is 17.9 Å². The first-order valence-corrected chi connectivity index (χ1v) is 6.56. The highest BCUT2D eigenvalue weighted by atomic mass is 16.4. The van der Waals surface area contributed by atoms with E-state index >= 15 is 0 Å². The maximum absolute atomic E-state index is 12.3. The van der Waals surface area contributed by atoms with Crippen molar-refractivity contribution in [1.29, 1.82) is 0 Å². The summed E-state index contributed by atoms with van der Waals surface area (Å²) in [4.78, 5) is 37.9. The number of hydrogen-bond acceptors (Lipinski definition) is 3. The molecule has 0 radical (unpaired) electrons. The second-order valence-corrected chi connectivity index (χ2v) is 4.46. The number of carbonyl (C=O) groups excluding carboxylic acids is 2. The van der Waals surface area contributed by atoms with Crippen LogP contribution in [-0.2, 0) is 9.59 Å². The van der Waals surface area contributed by atoms with Crippen molar-refractivity contribution in [3.05, 3.63) is 0 Å². The van der Waals surface area contributed by atoms with Crippen LogP contribution in [0.25, 0.3) is 0 Å². The molecule has 1 rings (SSSR count). The van der Waals surface area contributed by atoms with Crippen LogP contribution in [0, 0.1) is 0 Å². The Bertz CT molecular complexity index is 359. The van der Waals surface area contributed by atoms with Gasteiger partial charge < -0.3 is 20.2 Å². The Morgan fingerprint density at radius 3 is 2.68 bits per heavy atom. The topological polar surface area (TPSA) is 90.0 Å². The average molecular weight is 271 g/mol. The normalized spacial score (nSPS) is 18.9. The lowest BCUT2D eigenvalue weighted by Gasteiger charge is -2.37. The van der Waals surface area contributed by atoms with Gasteiger partial charge in [-0.25, -0.2) is 4.79 Å². The molecule has 2 N–H and O–H groups in total. The SMILES string of the molecule is CCCN(CC)C(=O)N1CCNC(=O)C1CC(=O)O. The van der Waals surface area contributed by atoms with Gasteiger partial charge >= 0.3 is 12.0 Å². The van der Waals surface area contributed by atoms with Crippen LogP contribution in [0.2, 0.25) is 0 Å². The molecule has 0 aromatic heterocycles. The zero-order valence-electron chi connectivity index (χ0n) is 11.4. The van der Waals surface area contributed by atoms with E-state index in [1.807, 2.05) is 13.8 Å². The largest absolute Gasteiger partial charge is 0.481 e. The Labute approximate surface area is 112 Å². The fraction of sp³-hybridized carbons (Fsp3) is 0.750. The van der Waals surface area contributed by atoms with Crippen LogP contribution in [0.1, 0.15) is 26.7 Å². The highest BCUT2D eigenvalue weighted by Crippen LogP contribution is 2.12. The lowest BCUT2D eigenvalue weighted by atomic mass is 10.1. The minimum absolute atomic E-state index is 0.259. The molecule has 108 valence electrons. The van der Waals surface area contributed by atoms with Gasteiger partial charge in [-0.3, -0.25) is 9.59 Å². The van der Waals surface area contributed by atoms with Gasteiger partial charge in [0.2, 0.25) is 5.91 Å². The Morgan fingerprint density at radius 2 is 2.16 bits per heavy atom. The molecular formula is C12H21N3O4. The maximum atomic E-state index is 12.3. The highest BCUT2D eigenvalue weighted by molar-refractivity contribution is 5.91. The summed E-state index contributed by atoms with van der Waals surface area (Å²) < 4.78 is 0. The third-order valence-electron chi connectivity index (χ3n) is 3.09. The molecule has 1 aliphatic heterocycles. The standard InChI is InChI=1S/C12H21N3O4/c1-3-6-14(4-2)12(19)15-7-5-13-11(18)9(15)8-10(16)17/h9H,3-8H2,1-2H3,(H,13,18)(H,16,17). The van der Waals surface area contributed by atoms with E-state index in [0.717, 1.165) is 6.42 Å². The second kappa shape index (κ2) is 6.96. The molecule has 0 aliphatic carbocycles. The van der Waals surface area contributed by atoms with Gasteiger partial charge in [0.15, 0.2) is 0 Å². The van der Waals surface area contributed by atoms with E-state index in [1.165, 1.54) is 4.90 Å². The molecule has 0 bridgehead atoms. The summed E-state index contributed by atoms with van der Waals surface area (Å²) in [7, 11) is 0. The first kappa shape index (κ1) is 15.3. The molecule has 7 heteroatoms. The molecule has 1 saturated heterocycles. The monoisotopic (exact) mass is 271 g/mol. The fourth-order valence-corrected chi connectivity index (χ4v) is 2.15. The molecule has 1 fully saturated rings. The van der Waals surface area contributed by atoms with Crippen molar-refractivity contribution in [2.75, 3.05) is 26.2 Å². The van der Waals surface area contributed by atoms with Crippen molar-refractivity contribution in [3.8, 4) is 0 Å². The first-order chi connectivity index (χ1) is 9.01. The second-order valence-electron chi connectivity index (χ2n) is 4.46. The molecule has 0 saturated carbocycles. The van der Waals surface area contributed by atoms with Crippen molar-refractivity contribution in [1.82, 2.24) is 15.1 Å². The van der Waals surface area contributed by atoms with E-state index in [-0.39, 0.29) is 12.5 Å². The molecule has 0 aromatic rings. The molecule has 19 heavy (non-hydrogen) atoms. The lowest BCUT2D eigenvalue weighted by Crippen LogP contribution is -2.60.